The Morgan fingerprint density at radius 2 is 1.78 bits per heavy atom. The summed E-state index contributed by atoms with van der Waals surface area (Å²) >= 11 is 0. The van der Waals surface area contributed by atoms with Crippen molar-refractivity contribution in [2.45, 2.75) is 31.1 Å². The molecular weight excluding hydrogens is 303 g/mol. The summed E-state index contributed by atoms with van der Waals surface area (Å²) in [6.45, 7) is 5.35. The maximum atomic E-state index is 13.3. The summed E-state index contributed by atoms with van der Waals surface area (Å²) in [7, 11) is 0. The number of fused-ring (bicyclic) bond motifs is 3. The van der Waals surface area contributed by atoms with E-state index >= 15 is 0 Å². The molecule has 2 atom stereocenters. The highest BCUT2D eigenvalue weighted by molar-refractivity contribution is 5.14. The SMILES string of the molecule is FC(F)(F)[C@H](CCc1ccccc1)NC[C@@H]1CN2CCN1CC2. The van der Waals surface area contributed by atoms with Crippen LogP contribution in [0.15, 0.2) is 30.3 Å². The zero-order valence-electron chi connectivity index (χ0n) is 13.2. The maximum absolute atomic E-state index is 13.3. The number of benzene rings is 1. The minimum Gasteiger partial charge on any atom is -0.305 e. The third-order valence-corrected chi connectivity index (χ3v) is 4.95. The molecule has 0 aromatic heterocycles. The molecule has 0 radical (unpaired) electrons. The van der Waals surface area contributed by atoms with Crippen LogP contribution in [0.2, 0.25) is 0 Å². The highest BCUT2D eigenvalue weighted by atomic mass is 19.4. The normalized spacial score (nSPS) is 28.7. The van der Waals surface area contributed by atoms with Crippen molar-refractivity contribution in [1.29, 1.82) is 0 Å². The van der Waals surface area contributed by atoms with E-state index in [2.05, 4.69) is 15.1 Å². The third kappa shape index (κ3) is 4.46. The molecule has 1 N–H and O–H groups in total. The number of halogens is 3. The fourth-order valence-electron chi connectivity index (χ4n) is 3.53. The molecule has 3 nitrogen and oxygen atoms in total. The highest BCUT2D eigenvalue weighted by Crippen LogP contribution is 2.24. The van der Waals surface area contributed by atoms with Gasteiger partial charge in [-0.05, 0) is 18.4 Å². The van der Waals surface area contributed by atoms with Gasteiger partial charge in [-0.2, -0.15) is 13.2 Å². The first-order valence-electron chi connectivity index (χ1n) is 8.33. The lowest BCUT2D eigenvalue weighted by atomic mass is 10.0. The molecule has 3 aliphatic heterocycles. The molecule has 1 aromatic rings. The van der Waals surface area contributed by atoms with E-state index in [0.717, 1.165) is 38.3 Å². The Labute approximate surface area is 135 Å². The van der Waals surface area contributed by atoms with Gasteiger partial charge < -0.3 is 5.32 Å². The van der Waals surface area contributed by atoms with Crippen molar-refractivity contribution in [3.8, 4) is 0 Å². The molecule has 2 bridgehead atoms. The summed E-state index contributed by atoms with van der Waals surface area (Å²) in [6.07, 6.45) is -3.67. The Morgan fingerprint density at radius 3 is 2.35 bits per heavy atom. The molecule has 6 heteroatoms. The Hall–Kier alpha value is -1.11. The van der Waals surface area contributed by atoms with Gasteiger partial charge in [-0.3, -0.25) is 9.80 Å². The lowest BCUT2D eigenvalue weighted by Gasteiger charge is -2.47. The van der Waals surface area contributed by atoms with E-state index in [9.17, 15) is 13.2 Å². The first kappa shape index (κ1) is 16.7. The first-order chi connectivity index (χ1) is 11.0. The molecular formula is C17H24F3N3. The minimum absolute atomic E-state index is 0.0872. The molecule has 3 fully saturated rings. The van der Waals surface area contributed by atoms with Crippen molar-refractivity contribution < 1.29 is 13.2 Å². The van der Waals surface area contributed by atoms with Gasteiger partial charge in [0.15, 0.2) is 0 Å². The van der Waals surface area contributed by atoms with E-state index in [-0.39, 0.29) is 12.5 Å². The van der Waals surface area contributed by atoms with Gasteiger partial charge >= 0.3 is 6.18 Å². The van der Waals surface area contributed by atoms with E-state index in [1.807, 2.05) is 30.3 Å². The van der Waals surface area contributed by atoms with E-state index in [0.29, 0.717) is 13.0 Å². The van der Waals surface area contributed by atoms with Crippen LogP contribution in [0.4, 0.5) is 13.2 Å². The molecule has 1 aromatic carbocycles. The van der Waals surface area contributed by atoms with Crippen LogP contribution in [-0.2, 0) is 6.42 Å². The zero-order chi connectivity index (χ0) is 16.3. The zero-order valence-corrected chi connectivity index (χ0v) is 13.2. The largest absolute Gasteiger partial charge is 0.403 e. The van der Waals surface area contributed by atoms with Crippen LogP contribution < -0.4 is 5.32 Å². The predicted octanol–water partition coefficient (Wildman–Crippen LogP) is 2.14. The maximum Gasteiger partial charge on any atom is 0.403 e. The lowest BCUT2D eigenvalue weighted by molar-refractivity contribution is -0.158. The van der Waals surface area contributed by atoms with Gasteiger partial charge in [-0.15, -0.1) is 0 Å². The van der Waals surface area contributed by atoms with Crippen molar-refractivity contribution in [2.24, 2.45) is 0 Å². The number of alkyl halides is 3. The first-order valence-corrected chi connectivity index (χ1v) is 8.33. The van der Waals surface area contributed by atoms with Crippen LogP contribution in [0.3, 0.4) is 0 Å². The van der Waals surface area contributed by atoms with Gasteiger partial charge in [0.1, 0.15) is 6.04 Å². The summed E-state index contributed by atoms with van der Waals surface area (Å²) in [4.78, 5) is 4.66. The predicted molar refractivity (Wildman–Crippen MR) is 84.4 cm³/mol. The number of hydrogen-bond donors (Lipinski definition) is 1. The Kier molecular flexibility index (Phi) is 5.24. The van der Waals surface area contributed by atoms with Crippen molar-refractivity contribution in [3.05, 3.63) is 35.9 Å². The van der Waals surface area contributed by atoms with Gasteiger partial charge in [0.25, 0.3) is 0 Å². The van der Waals surface area contributed by atoms with Crippen molar-refractivity contribution in [2.75, 3.05) is 39.3 Å². The summed E-state index contributed by atoms with van der Waals surface area (Å²) < 4.78 is 39.8. The van der Waals surface area contributed by atoms with Crippen LogP contribution in [0.1, 0.15) is 12.0 Å². The van der Waals surface area contributed by atoms with Gasteiger partial charge in [0.05, 0.1) is 0 Å². The number of piperazine rings is 3. The van der Waals surface area contributed by atoms with Gasteiger partial charge in [0, 0.05) is 45.3 Å². The fraction of sp³-hybridized carbons (Fsp3) is 0.647. The van der Waals surface area contributed by atoms with Gasteiger partial charge in [-0.25, -0.2) is 0 Å². The van der Waals surface area contributed by atoms with E-state index < -0.39 is 12.2 Å². The van der Waals surface area contributed by atoms with Crippen LogP contribution in [0.5, 0.6) is 0 Å². The summed E-state index contributed by atoms with van der Waals surface area (Å²) in [5.41, 5.74) is 0.954. The number of rotatable bonds is 6. The molecule has 0 unspecified atom stereocenters. The topological polar surface area (TPSA) is 18.5 Å². The quantitative estimate of drug-likeness (QED) is 0.864. The Morgan fingerprint density at radius 1 is 1.09 bits per heavy atom. The minimum atomic E-state index is -4.20. The van der Waals surface area contributed by atoms with Crippen molar-refractivity contribution in [1.82, 2.24) is 15.1 Å². The second kappa shape index (κ2) is 7.20. The second-order valence-corrected chi connectivity index (χ2v) is 6.52. The number of nitrogens with zero attached hydrogens (tertiary/aromatic N) is 2. The standard InChI is InChI=1S/C17H24F3N3/c18-17(19,20)16(7-6-14-4-2-1-3-5-14)21-12-15-13-22-8-10-23(15)11-9-22/h1-5,15-16,21H,6-13H2/t15-,16+/m1/s1. The summed E-state index contributed by atoms with van der Waals surface area (Å²) in [5.74, 6) is 0. The van der Waals surface area contributed by atoms with E-state index in [4.69, 9.17) is 0 Å². The molecule has 4 rings (SSSR count). The summed E-state index contributed by atoms with van der Waals surface area (Å²) in [5, 5.41) is 2.79. The molecule has 23 heavy (non-hydrogen) atoms. The Balaban J connectivity index is 1.52. The van der Waals surface area contributed by atoms with E-state index in [1.165, 1.54) is 0 Å². The average Bonchev–Trinajstić information content (AvgIpc) is 2.55. The molecule has 3 saturated heterocycles. The molecule has 0 saturated carbocycles. The monoisotopic (exact) mass is 327 g/mol. The number of nitrogens with one attached hydrogen (secondary N) is 1. The third-order valence-electron chi connectivity index (χ3n) is 4.95. The highest BCUT2D eigenvalue weighted by Gasteiger charge is 2.40. The molecule has 0 aliphatic carbocycles. The smallest absolute Gasteiger partial charge is 0.305 e. The van der Waals surface area contributed by atoms with Crippen LogP contribution >= 0.6 is 0 Å². The molecule has 3 aliphatic rings. The Bertz CT molecular complexity index is 484. The molecule has 0 amide bonds. The fourth-order valence-corrected chi connectivity index (χ4v) is 3.53. The average molecular weight is 327 g/mol. The second-order valence-electron chi connectivity index (χ2n) is 6.52. The molecule has 3 heterocycles. The van der Waals surface area contributed by atoms with Crippen LogP contribution in [-0.4, -0.2) is 67.3 Å². The van der Waals surface area contributed by atoms with Crippen LogP contribution in [0.25, 0.3) is 0 Å². The molecule has 0 spiro atoms. The lowest BCUT2D eigenvalue weighted by Crippen LogP contribution is -2.64. The van der Waals surface area contributed by atoms with Gasteiger partial charge in [0.2, 0.25) is 0 Å². The van der Waals surface area contributed by atoms with Crippen LogP contribution in [0, 0.1) is 0 Å². The van der Waals surface area contributed by atoms with Crippen molar-refractivity contribution in [3.63, 3.8) is 0 Å². The van der Waals surface area contributed by atoms with Crippen molar-refractivity contribution >= 4 is 0 Å². The molecule has 128 valence electrons. The number of aryl methyl sites for hydroxylation is 1. The number of hydrogen-bond acceptors (Lipinski definition) is 3. The van der Waals surface area contributed by atoms with E-state index in [1.54, 1.807) is 0 Å². The van der Waals surface area contributed by atoms with Gasteiger partial charge in [-0.1, -0.05) is 30.3 Å². The summed E-state index contributed by atoms with van der Waals surface area (Å²) in [6, 6.07) is 8.15.